The van der Waals surface area contributed by atoms with Gasteiger partial charge in [-0.2, -0.15) is 0 Å². The molecule has 1 unspecified atom stereocenters. The van der Waals surface area contributed by atoms with Gasteiger partial charge in [0.15, 0.2) is 23.0 Å². The highest BCUT2D eigenvalue weighted by Crippen LogP contribution is 2.44. The summed E-state index contributed by atoms with van der Waals surface area (Å²) in [7, 11) is 6.81. The molecule has 0 bridgehead atoms. The van der Waals surface area contributed by atoms with Gasteiger partial charge in [-0.1, -0.05) is 48.5 Å². The van der Waals surface area contributed by atoms with Gasteiger partial charge in [0.2, 0.25) is 0 Å². The van der Waals surface area contributed by atoms with Gasteiger partial charge in [-0.3, -0.25) is 9.59 Å². The predicted octanol–water partition coefficient (Wildman–Crippen LogP) is 3.24. The van der Waals surface area contributed by atoms with E-state index in [0.717, 1.165) is 5.56 Å². The number of hydrogen-bond acceptors (Lipinski definition) is 6. The van der Waals surface area contributed by atoms with Crippen LogP contribution in [0.25, 0.3) is 6.08 Å². The first-order valence-electron chi connectivity index (χ1n) is 10.3. The van der Waals surface area contributed by atoms with Crippen molar-refractivity contribution >= 4 is 17.8 Å². The first kappa shape index (κ1) is 23.1. The summed E-state index contributed by atoms with van der Waals surface area (Å²) in [5, 5.41) is 10.7. The molecule has 1 amide bonds. The topological polar surface area (TPSA) is 79.3 Å². The van der Waals surface area contributed by atoms with E-state index < -0.39 is 23.5 Å². The number of ether oxygens (including phenoxy) is 2. The van der Waals surface area contributed by atoms with Crippen molar-refractivity contribution in [1.82, 2.24) is 9.80 Å². The summed E-state index contributed by atoms with van der Waals surface area (Å²) in [4.78, 5) is 29.7. The minimum atomic E-state index is -0.805. The van der Waals surface area contributed by atoms with Crippen molar-refractivity contribution in [3.63, 3.8) is 0 Å². The number of allylic oxidation sites excluding steroid dienone is 1. The average Bonchev–Trinajstić information content (AvgIpc) is 3.05. The number of hydrogen-bond donors (Lipinski definition) is 1. The lowest BCUT2D eigenvalue weighted by molar-refractivity contribution is -0.129. The Morgan fingerprint density at radius 2 is 1.81 bits per heavy atom. The first-order valence-corrected chi connectivity index (χ1v) is 10.3. The van der Waals surface area contributed by atoms with Crippen LogP contribution in [0.5, 0.6) is 11.5 Å². The third-order valence-electron chi connectivity index (χ3n) is 5.31. The molecule has 0 fully saturated rings. The van der Waals surface area contributed by atoms with Crippen LogP contribution in [-0.2, 0) is 9.59 Å². The third-order valence-corrected chi connectivity index (χ3v) is 5.31. The number of rotatable bonds is 9. The van der Waals surface area contributed by atoms with Gasteiger partial charge in [0, 0.05) is 18.7 Å². The quantitative estimate of drug-likeness (QED) is 0.608. The molecule has 0 saturated heterocycles. The minimum absolute atomic E-state index is 0.0208. The Morgan fingerprint density at radius 3 is 2.44 bits per heavy atom. The highest BCUT2D eigenvalue weighted by molar-refractivity contribution is 6.14. The molecule has 3 rings (SSSR count). The molecule has 0 radical (unpaired) electrons. The lowest BCUT2D eigenvalue weighted by Crippen LogP contribution is -2.36. The standard InChI is InChI=1S/C25H28N2O5/c1-26(2)15-16-27-22(18-11-8-12-20(31-3)24(18)32-4)21(23(29)25(27)30)19(28)14-13-17-9-6-5-7-10-17/h5-14,22,29H,15-16H2,1-4H3/b14-13+. The van der Waals surface area contributed by atoms with Crippen molar-refractivity contribution in [3.05, 3.63) is 77.1 Å². The molecule has 1 N–H and O–H groups in total. The fourth-order valence-electron chi connectivity index (χ4n) is 3.72. The van der Waals surface area contributed by atoms with Crippen molar-refractivity contribution in [2.24, 2.45) is 0 Å². The largest absolute Gasteiger partial charge is 0.503 e. The van der Waals surface area contributed by atoms with Gasteiger partial charge >= 0.3 is 0 Å². The summed E-state index contributed by atoms with van der Waals surface area (Å²) in [5.41, 5.74) is 1.43. The fourth-order valence-corrected chi connectivity index (χ4v) is 3.72. The van der Waals surface area contributed by atoms with Crippen LogP contribution in [0.2, 0.25) is 0 Å². The number of aliphatic hydroxyl groups excluding tert-OH is 1. The molecule has 2 aromatic rings. The second kappa shape index (κ2) is 10.2. The molecule has 7 heteroatoms. The van der Waals surface area contributed by atoms with Crippen LogP contribution in [0.3, 0.4) is 0 Å². The summed E-state index contributed by atoms with van der Waals surface area (Å²) in [6.07, 6.45) is 3.04. The van der Waals surface area contributed by atoms with Crippen LogP contribution in [-0.4, -0.2) is 68.0 Å². The summed E-state index contributed by atoms with van der Waals surface area (Å²) < 4.78 is 11.0. The van der Waals surface area contributed by atoms with E-state index in [2.05, 4.69) is 0 Å². The molecular weight excluding hydrogens is 408 g/mol. The van der Waals surface area contributed by atoms with Crippen LogP contribution in [0.1, 0.15) is 17.2 Å². The number of ketones is 1. The molecule has 32 heavy (non-hydrogen) atoms. The Balaban J connectivity index is 2.08. The number of aliphatic hydroxyl groups is 1. The number of benzene rings is 2. The molecule has 0 aromatic heterocycles. The van der Waals surface area contributed by atoms with E-state index in [0.29, 0.717) is 30.2 Å². The van der Waals surface area contributed by atoms with Gasteiger partial charge in [-0.05, 0) is 31.8 Å². The number of amides is 1. The van der Waals surface area contributed by atoms with Crippen LogP contribution in [0.4, 0.5) is 0 Å². The number of likely N-dealkylation sites (N-methyl/N-ethyl adjacent to an activating group) is 1. The Hall–Kier alpha value is -3.58. The fraction of sp³-hybridized carbons (Fsp3) is 0.280. The van der Waals surface area contributed by atoms with Crippen molar-refractivity contribution in [3.8, 4) is 11.5 Å². The minimum Gasteiger partial charge on any atom is -0.503 e. The molecule has 1 heterocycles. The van der Waals surface area contributed by atoms with Crippen molar-refractivity contribution in [1.29, 1.82) is 0 Å². The summed E-state index contributed by atoms with van der Waals surface area (Å²) in [6, 6.07) is 13.8. The maximum Gasteiger partial charge on any atom is 0.290 e. The summed E-state index contributed by atoms with van der Waals surface area (Å²) in [6.45, 7) is 0.878. The average molecular weight is 437 g/mol. The van der Waals surface area contributed by atoms with Crippen LogP contribution in [0.15, 0.2) is 65.9 Å². The van der Waals surface area contributed by atoms with E-state index in [-0.39, 0.29) is 5.57 Å². The third kappa shape index (κ3) is 4.68. The molecule has 7 nitrogen and oxygen atoms in total. The molecule has 1 aliphatic heterocycles. The number of para-hydroxylation sites is 1. The van der Waals surface area contributed by atoms with Crippen LogP contribution >= 0.6 is 0 Å². The maximum atomic E-state index is 13.2. The van der Waals surface area contributed by atoms with E-state index in [9.17, 15) is 14.7 Å². The van der Waals surface area contributed by atoms with E-state index in [1.807, 2.05) is 49.3 Å². The number of nitrogens with zero attached hydrogens (tertiary/aromatic N) is 2. The molecule has 2 aromatic carbocycles. The van der Waals surface area contributed by atoms with E-state index in [1.165, 1.54) is 25.2 Å². The van der Waals surface area contributed by atoms with Crippen LogP contribution < -0.4 is 9.47 Å². The lowest BCUT2D eigenvalue weighted by atomic mass is 9.94. The van der Waals surface area contributed by atoms with E-state index in [4.69, 9.17) is 9.47 Å². The SMILES string of the molecule is COc1cccc(C2C(C(=O)/C=C/c3ccccc3)=C(O)C(=O)N2CCN(C)C)c1OC. The zero-order valence-corrected chi connectivity index (χ0v) is 18.7. The first-order chi connectivity index (χ1) is 15.4. The number of methoxy groups -OCH3 is 2. The zero-order chi connectivity index (χ0) is 23.3. The van der Waals surface area contributed by atoms with Gasteiger partial charge in [0.25, 0.3) is 5.91 Å². The monoisotopic (exact) mass is 436 g/mol. The Kier molecular flexibility index (Phi) is 7.33. The predicted molar refractivity (Wildman–Crippen MR) is 123 cm³/mol. The van der Waals surface area contributed by atoms with Gasteiger partial charge < -0.3 is 24.4 Å². The highest BCUT2D eigenvalue weighted by Gasteiger charge is 2.44. The number of carbonyl (C=O) groups is 2. The van der Waals surface area contributed by atoms with Crippen molar-refractivity contribution in [2.45, 2.75) is 6.04 Å². The highest BCUT2D eigenvalue weighted by atomic mass is 16.5. The molecule has 168 valence electrons. The molecule has 0 spiro atoms. The smallest absolute Gasteiger partial charge is 0.290 e. The zero-order valence-electron chi connectivity index (χ0n) is 18.7. The Morgan fingerprint density at radius 1 is 1.09 bits per heavy atom. The Bertz CT molecular complexity index is 1040. The molecule has 1 aliphatic rings. The van der Waals surface area contributed by atoms with Gasteiger partial charge in [0.05, 0.1) is 25.8 Å². The molecule has 0 aliphatic carbocycles. The number of carbonyl (C=O) groups excluding carboxylic acids is 2. The second-order valence-corrected chi connectivity index (χ2v) is 7.66. The van der Waals surface area contributed by atoms with Gasteiger partial charge in [-0.25, -0.2) is 0 Å². The van der Waals surface area contributed by atoms with Gasteiger partial charge in [-0.15, -0.1) is 0 Å². The summed E-state index contributed by atoms with van der Waals surface area (Å²) in [5.74, 6) is -0.681. The molecule has 0 saturated carbocycles. The van der Waals surface area contributed by atoms with E-state index >= 15 is 0 Å². The normalized spacial score (nSPS) is 16.3. The van der Waals surface area contributed by atoms with Gasteiger partial charge in [0.1, 0.15) is 0 Å². The second-order valence-electron chi connectivity index (χ2n) is 7.66. The molecule has 1 atom stereocenters. The van der Waals surface area contributed by atoms with Crippen molar-refractivity contribution in [2.75, 3.05) is 41.4 Å². The molecular formula is C25H28N2O5. The van der Waals surface area contributed by atoms with E-state index in [1.54, 1.807) is 24.3 Å². The van der Waals surface area contributed by atoms with Crippen molar-refractivity contribution < 1.29 is 24.2 Å². The maximum absolute atomic E-state index is 13.2. The lowest BCUT2D eigenvalue weighted by Gasteiger charge is -2.29. The van der Waals surface area contributed by atoms with Crippen LogP contribution in [0, 0.1) is 0 Å². The summed E-state index contributed by atoms with van der Waals surface area (Å²) >= 11 is 0. The Labute approximate surface area is 188 Å².